The average Bonchev–Trinajstić information content (AvgIpc) is 2.74. The van der Waals surface area contributed by atoms with E-state index in [0.717, 1.165) is 34.1 Å². The van der Waals surface area contributed by atoms with Crippen LogP contribution in [-0.2, 0) is 22.0 Å². The number of aromatic hydroxyl groups is 1. The molecule has 0 radical (unpaired) electrons. The van der Waals surface area contributed by atoms with Crippen molar-refractivity contribution in [1.82, 2.24) is 4.98 Å². The molecule has 0 aliphatic rings. The number of nitrogens with zero attached hydrogens (tertiary/aromatic N) is 1. The molecular weight excluding hydrogens is 394 g/mol. The fraction of sp³-hybridized carbons (Fsp3) is 0.379. The maximum atomic E-state index is 12.5. The van der Waals surface area contributed by atoms with Gasteiger partial charge in [0, 0.05) is 24.2 Å². The largest absolute Gasteiger partial charge is 0.507 e. The van der Waals surface area contributed by atoms with E-state index in [9.17, 15) is 9.90 Å². The molecule has 32 heavy (non-hydrogen) atoms. The second kappa shape index (κ2) is 9.28. The van der Waals surface area contributed by atoms with E-state index in [-0.39, 0.29) is 22.7 Å². The fourth-order valence-corrected chi connectivity index (χ4v) is 4.37. The molecule has 1 aromatic heterocycles. The predicted octanol–water partition coefficient (Wildman–Crippen LogP) is 6.57. The number of hydrogen-bond donors (Lipinski definition) is 1. The smallest absolute Gasteiger partial charge is 0.124 e. The summed E-state index contributed by atoms with van der Waals surface area (Å²) in [6.07, 6.45) is 5.29. The highest BCUT2D eigenvalue weighted by atomic mass is 16.3. The van der Waals surface area contributed by atoms with E-state index >= 15 is 0 Å². The molecule has 0 saturated carbocycles. The third-order valence-corrected chi connectivity index (χ3v) is 6.09. The first kappa shape index (κ1) is 23.7. The number of aldehydes is 1. The normalized spacial score (nSPS) is 14.1. The summed E-state index contributed by atoms with van der Waals surface area (Å²) < 4.78 is 0. The summed E-state index contributed by atoms with van der Waals surface area (Å²) in [4.78, 5) is 16.7. The Hall–Kier alpha value is -2.94. The molecule has 2 aromatic carbocycles. The summed E-state index contributed by atoms with van der Waals surface area (Å²) in [7, 11) is 0. The highest BCUT2D eigenvalue weighted by molar-refractivity contribution is 5.61. The Labute approximate surface area is 192 Å². The molecule has 0 aliphatic heterocycles. The van der Waals surface area contributed by atoms with Gasteiger partial charge in [-0.25, -0.2) is 0 Å². The molecule has 0 fully saturated rings. The highest BCUT2D eigenvalue weighted by Crippen LogP contribution is 2.43. The van der Waals surface area contributed by atoms with Crippen molar-refractivity contribution in [3.05, 3.63) is 94.8 Å². The van der Waals surface area contributed by atoms with Gasteiger partial charge in [0.1, 0.15) is 12.0 Å². The second-order valence-corrected chi connectivity index (χ2v) is 10.7. The Balaban J connectivity index is 2.24. The van der Waals surface area contributed by atoms with E-state index in [4.69, 9.17) is 0 Å². The molecule has 0 bridgehead atoms. The zero-order valence-electron chi connectivity index (χ0n) is 20.1. The lowest BCUT2D eigenvalue weighted by Gasteiger charge is -2.31. The quantitative estimate of drug-likeness (QED) is 0.451. The number of benzene rings is 2. The molecule has 1 N–H and O–H groups in total. The van der Waals surface area contributed by atoms with E-state index < -0.39 is 0 Å². The van der Waals surface area contributed by atoms with Gasteiger partial charge < -0.3 is 9.90 Å². The van der Waals surface area contributed by atoms with Crippen LogP contribution in [0.3, 0.4) is 0 Å². The van der Waals surface area contributed by atoms with Gasteiger partial charge in [0.05, 0.1) is 0 Å². The maximum absolute atomic E-state index is 12.5. The molecule has 1 heterocycles. The minimum absolute atomic E-state index is 0.140. The van der Waals surface area contributed by atoms with Crippen LogP contribution in [0.1, 0.15) is 75.3 Å². The Morgan fingerprint density at radius 1 is 0.844 bits per heavy atom. The van der Waals surface area contributed by atoms with E-state index in [2.05, 4.69) is 70.8 Å². The third-order valence-electron chi connectivity index (χ3n) is 6.09. The van der Waals surface area contributed by atoms with Gasteiger partial charge in [-0.2, -0.15) is 0 Å². The fourth-order valence-electron chi connectivity index (χ4n) is 4.37. The number of phenolic OH excluding ortho intramolecular Hbond substituents is 1. The molecule has 2 atom stereocenters. The molecule has 3 nitrogen and oxygen atoms in total. The summed E-state index contributed by atoms with van der Waals surface area (Å²) in [5.74, 6) is -0.0311. The van der Waals surface area contributed by atoms with Crippen LogP contribution in [0.15, 0.2) is 67.0 Å². The van der Waals surface area contributed by atoms with Crippen molar-refractivity contribution >= 4 is 6.29 Å². The van der Waals surface area contributed by atoms with Gasteiger partial charge in [-0.15, -0.1) is 0 Å². The van der Waals surface area contributed by atoms with Crippen molar-refractivity contribution in [2.45, 2.75) is 64.7 Å². The van der Waals surface area contributed by atoms with Gasteiger partial charge in [0.2, 0.25) is 0 Å². The summed E-state index contributed by atoms with van der Waals surface area (Å²) in [6, 6.07) is 18.3. The van der Waals surface area contributed by atoms with Crippen molar-refractivity contribution in [3.63, 3.8) is 0 Å². The van der Waals surface area contributed by atoms with Crippen molar-refractivity contribution in [2.75, 3.05) is 0 Å². The topological polar surface area (TPSA) is 50.2 Å². The zero-order valence-corrected chi connectivity index (χ0v) is 20.1. The number of rotatable bonds is 6. The van der Waals surface area contributed by atoms with Gasteiger partial charge in [-0.05, 0) is 57.2 Å². The van der Waals surface area contributed by atoms with Gasteiger partial charge in [-0.3, -0.25) is 4.98 Å². The van der Waals surface area contributed by atoms with Crippen LogP contribution in [0.5, 0.6) is 5.75 Å². The molecule has 0 aliphatic carbocycles. The number of aromatic nitrogens is 1. The molecule has 0 saturated heterocycles. The first-order valence-corrected chi connectivity index (χ1v) is 11.3. The van der Waals surface area contributed by atoms with Crippen LogP contribution in [0.2, 0.25) is 0 Å². The van der Waals surface area contributed by atoms with Gasteiger partial charge in [0.25, 0.3) is 0 Å². The summed E-state index contributed by atoms with van der Waals surface area (Å²) in [6.45, 7) is 12.7. The van der Waals surface area contributed by atoms with Gasteiger partial charge >= 0.3 is 0 Å². The van der Waals surface area contributed by atoms with Crippen LogP contribution in [0, 0.1) is 5.92 Å². The van der Waals surface area contributed by atoms with Crippen LogP contribution in [0.4, 0.5) is 0 Å². The molecular formula is C29H35NO2. The number of hydrogen-bond acceptors (Lipinski definition) is 3. The Kier molecular flexibility index (Phi) is 6.88. The number of phenols is 1. The van der Waals surface area contributed by atoms with Crippen LogP contribution in [-0.4, -0.2) is 16.4 Å². The van der Waals surface area contributed by atoms with E-state index in [1.807, 2.05) is 30.3 Å². The number of carbonyl (C=O) groups is 1. The van der Waals surface area contributed by atoms with Gasteiger partial charge in [-0.1, -0.05) is 84.0 Å². The minimum atomic E-state index is -0.245. The Morgan fingerprint density at radius 2 is 1.38 bits per heavy atom. The second-order valence-electron chi connectivity index (χ2n) is 10.7. The molecule has 3 rings (SSSR count). The lowest BCUT2D eigenvalue weighted by molar-refractivity contribution is -0.111. The lowest BCUT2D eigenvalue weighted by atomic mass is 9.73. The van der Waals surface area contributed by atoms with E-state index in [1.165, 1.54) is 0 Å². The third kappa shape index (κ3) is 5.27. The minimum Gasteiger partial charge on any atom is -0.507 e. The molecule has 0 amide bonds. The van der Waals surface area contributed by atoms with E-state index in [0.29, 0.717) is 12.2 Å². The SMILES string of the molecule is CC(C)(C)c1cc([C@H](c2ccncc2)[C@H](C=O)Cc2ccccc2)cc(C(C)(C)C)c1O. The summed E-state index contributed by atoms with van der Waals surface area (Å²) >= 11 is 0. The first-order chi connectivity index (χ1) is 15.0. The predicted molar refractivity (Wildman–Crippen MR) is 131 cm³/mol. The van der Waals surface area contributed by atoms with Crippen LogP contribution >= 0.6 is 0 Å². The number of pyridine rings is 1. The van der Waals surface area contributed by atoms with Crippen molar-refractivity contribution in [2.24, 2.45) is 5.92 Å². The Morgan fingerprint density at radius 3 is 1.84 bits per heavy atom. The summed E-state index contributed by atoms with van der Waals surface area (Å²) in [5, 5.41) is 11.2. The van der Waals surface area contributed by atoms with Crippen molar-refractivity contribution in [1.29, 1.82) is 0 Å². The standard InChI is InChI=1S/C29H35NO2/c1-28(2,3)24-17-22(18-25(27(24)32)29(4,5)6)26(21-12-14-30-15-13-21)23(19-31)16-20-10-8-7-9-11-20/h7-15,17-19,23,26,32H,16H2,1-6H3/t23-,26-/m0/s1. The molecule has 3 heteroatoms. The van der Waals surface area contributed by atoms with Crippen molar-refractivity contribution in [3.8, 4) is 5.75 Å². The highest BCUT2D eigenvalue weighted by Gasteiger charge is 2.31. The summed E-state index contributed by atoms with van der Waals surface area (Å²) in [5.41, 5.74) is 4.58. The average molecular weight is 430 g/mol. The molecule has 168 valence electrons. The zero-order chi connectivity index (χ0) is 23.5. The maximum Gasteiger partial charge on any atom is 0.124 e. The molecule has 0 unspecified atom stereocenters. The van der Waals surface area contributed by atoms with E-state index in [1.54, 1.807) is 12.4 Å². The van der Waals surface area contributed by atoms with Crippen LogP contribution in [0.25, 0.3) is 0 Å². The lowest BCUT2D eigenvalue weighted by Crippen LogP contribution is -2.22. The number of carbonyl (C=O) groups excluding carboxylic acids is 1. The van der Waals surface area contributed by atoms with Gasteiger partial charge in [0.15, 0.2) is 0 Å². The monoisotopic (exact) mass is 429 g/mol. The van der Waals surface area contributed by atoms with Crippen LogP contribution < -0.4 is 0 Å². The molecule has 0 spiro atoms. The first-order valence-electron chi connectivity index (χ1n) is 11.3. The van der Waals surface area contributed by atoms with Crippen molar-refractivity contribution < 1.29 is 9.90 Å². The molecule has 3 aromatic rings. The Bertz CT molecular complexity index is 1010.